The van der Waals surface area contributed by atoms with E-state index in [1.54, 1.807) is 4.68 Å². The standard InChI is InChI=1S/C22H33N7O.HI/c1-2-23-21(27-17-15-26(16-18-27)19-9-4-3-5-10-19)24-12-8-14-29-22(30)28-13-7-6-11-20(28)25-29;/h3-5,9-10H,2,6-8,11-18H2,1H3,(H,23,24);1H. The summed E-state index contributed by atoms with van der Waals surface area (Å²) in [6, 6.07) is 10.6. The Labute approximate surface area is 201 Å². The SMILES string of the molecule is CCNC(=NCCCn1nc2n(c1=O)CCCC2)N1CCN(c2ccccc2)CC1.I. The zero-order valence-corrected chi connectivity index (χ0v) is 20.7. The van der Waals surface area contributed by atoms with Gasteiger partial charge in [0.05, 0.1) is 0 Å². The first-order chi connectivity index (χ1) is 14.8. The quantitative estimate of drug-likeness (QED) is 0.264. The number of nitrogens with zero attached hydrogens (tertiary/aromatic N) is 6. The maximum absolute atomic E-state index is 12.4. The molecule has 1 N–H and O–H groups in total. The Bertz CT molecular complexity index is 900. The fraction of sp³-hybridized carbons (Fsp3) is 0.591. The molecule has 2 aromatic rings. The molecule has 0 bridgehead atoms. The van der Waals surface area contributed by atoms with Gasteiger partial charge in [0.15, 0.2) is 5.96 Å². The van der Waals surface area contributed by atoms with Crippen molar-refractivity contribution in [3.63, 3.8) is 0 Å². The minimum atomic E-state index is 0. The number of piperazine rings is 1. The molecule has 2 aliphatic heterocycles. The summed E-state index contributed by atoms with van der Waals surface area (Å²) < 4.78 is 3.46. The fourth-order valence-electron chi connectivity index (χ4n) is 4.24. The van der Waals surface area contributed by atoms with E-state index in [1.165, 1.54) is 5.69 Å². The molecule has 0 radical (unpaired) electrons. The molecule has 0 spiro atoms. The largest absolute Gasteiger partial charge is 0.368 e. The Morgan fingerprint density at radius 3 is 2.58 bits per heavy atom. The van der Waals surface area contributed by atoms with E-state index in [4.69, 9.17) is 4.99 Å². The van der Waals surface area contributed by atoms with E-state index in [0.717, 1.165) is 76.7 Å². The molecule has 0 atom stereocenters. The van der Waals surface area contributed by atoms with Gasteiger partial charge < -0.3 is 15.1 Å². The third-order valence-corrected chi connectivity index (χ3v) is 5.86. The lowest BCUT2D eigenvalue weighted by molar-refractivity contribution is 0.372. The summed E-state index contributed by atoms with van der Waals surface area (Å²) in [5, 5.41) is 7.94. The van der Waals surface area contributed by atoms with E-state index in [-0.39, 0.29) is 29.7 Å². The van der Waals surface area contributed by atoms with Crippen molar-refractivity contribution in [2.45, 2.75) is 45.7 Å². The number of para-hydroxylation sites is 1. The summed E-state index contributed by atoms with van der Waals surface area (Å²) in [4.78, 5) is 22.0. The van der Waals surface area contributed by atoms with Gasteiger partial charge in [-0.25, -0.2) is 9.48 Å². The smallest absolute Gasteiger partial charge is 0.345 e. The summed E-state index contributed by atoms with van der Waals surface area (Å²) in [6.45, 7) is 8.97. The summed E-state index contributed by atoms with van der Waals surface area (Å²) in [5.41, 5.74) is 1.32. The van der Waals surface area contributed by atoms with E-state index >= 15 is 0 Å². The van der Waals surface area contributed by atoms with E-state index in [9.17, 15) is 4.79 Å². The third kappa shape index (κ3) is 5.81. The Morgan fingerprint density at radius 2 is 1.87 bits per heavy atom. The van der Waals surface area contributed by atoms with Crippen LogP contribution in [0.15, 0.2) is 40.1 Å². The highest BCUT2D eigenvalue weighted by Gasteiger charge is 2.20. The van der Waals surface area contributed by atoms with Gasteiger partial charge in [-0.2, -0.15) is 5.10 Å². The van der Waals surface area contributed by atoms with Gasteiger partial charge in [-0.15, -0.1) is 24.0 Å². The van der Waals surface area contributed by atoms with Gasteiger partial charge >= 0.3 is 5.69 Å². The Balaban J connectivity index is 0.00000272. The van der Waals surface area contributed by atoms with Gasteiger partial charge in [0.25, 0.3) is 0 Å². The number of guanidine groups is 1. The second-order valence-corrected chi connectivity index (χ2v) is 7.93. The van der Waals surface area contributed by atoms with Crippen LogP contribution in [0.3, 0.4) is 0 Å². The molecule has 1 saturated heterocycles. The maximum atomic E-state index is 12.4. The first-order valence-electron chi connectivity index (χ1n) is 11.3. The number of aromatic nitrogens is 3. The number of hydrogen-bond donors (Lipinski definition) is 1. The number of hydrogen-bond acceptors (Lipinski definition) is 4. The predicted molar refractivity (Wildman–Crippen MR) is 136 cm³/mol. The van der Waals surface area contributed by atoms with Crippen molar-refractivity contribution in [2.24, 2.45) is 4.99 Å². The van der Waals surface area contributed by atoms with E-state index < -0.39 is 0 Å². The van der Waals surface area contributed by atoms with Gasteiger partial charge in [0.1, 0.15) is 5.82 Å². The summed E-state index contributed by atoms with van der Waals surface area (Å²) in [7, 11) is 0. The van der Waals surface area contributed by atoms with Crippen molar-refractivity contribution < 1.29 is 0 Å². The second-order valence-electron chi connectivity index (χ2n) is 7.93. The molecular weight excluding hydrogens is 505 g/mol. The first kappa shape index (κ1) is 23.6. The van der Waals surface area contributed by atoms with E-state index in [0.29, 0.717) is 13.1 Å². The average Bonchev–Trinajstić information content (AvgIpc) is 3.12. The predicted octanol–water partition coefficient (Wildman–Crippen LogP) is 2.18. The van der Waals surface area contributed by atoms with Crippen LogP contribution in [-0.2, 0) is 19.5 Å². The van der Waals surface area contributed by atoms with Gasteiger partial charge in [0.2, 0.25) is 0 Å². The van der Waals surface area contributed by atoms with Gasteiger partial charge in [-0.3, -0.25) is 9.56 Å². The molecule has 3 heterocycles. The number of benzene rings is 1. The zero-order valence-electron chi connectivity index (χ0n) is 18.4. The summed E-state index contributed by atoms with van der Waals surface area (Å²) >= 11 is 0. The number of halogens is 1. The third-order valence-electron chi connectivity index (χ3n) is 5.86. The van der Waals surface area contributed by atoms with Crippen LogP contribution in [0.4, 0.5) is 5.69 Å². The molecular formula is C22H34IN7O. The van der Waals surface area contributed by atoms with Crippen LogP contribution in [0.25, 0.3) is 0 Å². The maximum Gasteiger partial charge on any atom is 0.345 e. The van der Waals surface area contributed by atoms with Gasteiger partial charge in [-0.1, -0.05) is 18.2 Å². The number of anilines is 1. The lowest BCUT2D eigenvalue weighted by Gasteiger charge is -2.37. The first-order valence-corrected chi connectivity index (χ1v) is 11.3. The topological polar surface area (TPSA) is 70.7 Å². The molecule has 9 heteroatoms. The number of rotatable bonds is 6. The lowest BCUT2D eigenvalue weighted by atomic mass is 10.2. The lowest BCUT2D eigenvalue weighted by Crippen LogP contribution is -2.52. The molecule has 2 aliphatic rings. The van der Waals surface area contributed by atoms with Crippen molar-refractivity contribution in [1.82, 2.24) is 24.6 Å². The van der Waals surface area contributed by atoms with Crippen LogP contribution in [0.2, 0.25) is 0 Å². The van der Waals surface area contributed by atoms with E-state index in [1.807, 2.05) is 4.57 Å². The number of fused-ring (bicyclic) bond motifs is 1. The molecule has 1 aromatic heterocycles. The van der Waals surface area contributed by atoms with Crippen molar-refractivity contribution in [3.8, 4) is 0 Å². The highest BCUT2D eigenvalue weighted by molar-refractivity contribution is 14.0. The molecule has 4 rings (SSSR count). The number of aryl methyl sites for hydroxylation is 2. The minimum Gasteiger partial charge on any atom is -0.368 e. The Kier molecular flexibility index (Phi) is 8.79. The van der Waals surface area contributed by atoms with Crippen LogP contribution in [0.1, 0.15) is 32.0 Å². The summed E-state index contributed by atoms with van der Waals surface area (Å²) in [6.07, 6.45) is 3.94. The van der Waals surface area contributed by atoms with Crippen molar-refractivity contribution in [1.29, 1.82) is 0 Å². The monoisotopic (exact) mass is 539 g/mol. The molecule has 1 fully saturated rings. The highest BCUT2D eigenvalue weighted by atomic mass is 127. The summed E-state index contributed by atoms with van der Waals surface area (Å²) in [5.74, 6) is 1.92. The number of aliphatic imine (C=N–C) groups is 1. The van der Waals surface area contributed by atoms with Crippen LogP contribution < -0.4 is 15.9 Å². The molecule has 0 aliphatic carbocycles. The number of nitrogens with one attached hydrogen (secondary N) is 1. The second kappa shape index (κ2) is 11.5. The fourth-order valence-corrected chi connectivity index (χ4v) is 4.24. The average molecular weight is 539 g/mol. The molecule has 170 valence electrons. The van der Waals surface area contributed by atoms with Crippen molar-refractivity contribution >= 4 is 35.6 Å². The van der Waals surface area contributed by atoms with E-state index in [2.05, 4.69) is 57.5 Å². The molecule has 8 nitrogen and oxygen atoms in total. The molecule has 0 saturated carbocycles. The van der Waals surface area contributed by atoms with Crippen molar-refractivity contribution in [2.75, 3.05) is 44.2 Å². The highest BCUT2D eigenvalue weighted by Crippen LogP contribution is 2.15. The normalized spacial score (nSPS) is 16.6. The van der Waals surface area contributed by atoms with Crippen LogP contribution in [0.5, 0.6) is 0 Å². The van der Waals surface area contributed by atoms with Crippen LogP contribution >= 0.6 is 24.0 Å². The Morgan fingerprint density at radius 1 is 1.10 bits per heavy atom. The molecule has 1 aromatic carbocycles. The van der Waals surface area contributed by atoms with Gasteiger partial charge in [-0.05, 0) is 38.3 Å². The zero-order chi connectivity index (χ0) is 20.8. The van der Waals surface area contributed by atoms with Crippen molar-refractivity contribution in [3.05, 3.63) is 46.6 Å². The molecule has 0 unspecified atom stereocenters. The Hall–Kier alpha value is -2.04. The van der Waals surface area contributed by atoms with Gasteiger partial charge in [0, 0.05) is 64.5 Å². The van der Waals surface area contributed by atoms with Crippen LogP contribution in [0, 0.1) is 0 Å². The molecule has 0 amide bonds. The van der Waals surface area contributed by atoms with Crippen LogP contribution in [-0.4, -0.2) is 64.5 Å². The molecule has 31 heavy (non-hydrogen) atoms. The minimum absolute atomic E-state index is 0.